The molecule has 3 amide bonds. The van der Waals surface area contributed by atoms with Crippen LogP contribution in [0.25, 0.3) is 0 Å². The molecule has 0 atom stereocenters. The molecule has 0 saturated carbocycles. The van der Waals surface area contributed by atoms with E-state index in [1.807, 2.05) is 12.1 Å². The van der Waals surface area contributed by atoms with Crippen LogP contribution in [-0.4, -0.2) is 33.2 Å². The van der Waals surface area contributed by atoms with E-state index >= 15 is 0 Å². The first-order chi connectivity index (χ1) is 12.5. The third-order valence-electron chi connectivity index (χ3n) is 3.76. The van der Waals surface area contributed by atoms with Crippen molar-refractivity contribution >= 4 is 17.6 Å². The predicted octanol–water partition coefficient (Wildman–Crippen LogP) is 2.31. The van der Waals surface area contributed by atoms with Gasteiger partial charge in [0.2, 0.25) is 5.91 Å². The number of urea groups is 1. The van der Waals surface area contributed by atoms with Crippen molar-refractivity contribution in [3.05, 3.63) is 53.6 Å². The second-order valence-electron chi connectivity index (χ2n) is 5.54. The number of nitrogens with one attached hydrogen (secondary N) is 3. The lowest BCUT2D eigenvalue weighted by Crippen LogP contribution is -2.28. The normalized spacial score (nSPS) is 9.96. The zero-order valence-corrected chi connectivity index (χ0v) is 15.1. The number of rotatable bonds is 7. The Morgan fingerprint density at radius 1 is 0.923 bits per heavy atom. The van der Waals surface area contributed by atoms with E-state index in [1.54, 1.807) is 51.6 Å². The monoisotopic (exact) mass is 357 g/mol. The highest BCUT2D eigenvalue weighted by molar-refractivity contribution is 5.89. The maximum absolute atomic E-state index is 12.0. The van der Waals surface area contributed by atoms with Crippen LogP contribution in [-0.2, 0) is 17.8 Å². The SMILES string of the molecule is CNC(=O)Cc1ccc(NC(=O)NCc2ccc(OC)c(OC)c2)cc1. The van der Waals surface area contributed by atoms with Crippen LogP contribution in [0, 0.1) is 0 Å². The van der Waals surface area contributed by atoms with E-state index in [2.05, 4.69) is 16.0 Å². The molecule has 2 aromatic rings. The van der Waals surface area contributed by atoms with Crippen molar-refractivity contribution in [3.8, 4) is 11.5 Å². The molecule has 26 heavy (non-hydrogen) atoms. The summed E-state index contributed by atoms with van der Waals surface area (Å²) in [7, 11) is 4.74. The van der Waals surface area contributed by atoms with Crippen molar-refractivity contribution in [2.24, 2.45) is 0 Å². The van der Waals surface area contributed by atoms with Gasteiger partial charge in [0.1, 0.15) is 0 Å². The van der Waals surface area contributed by atoms with Crippen LogP contribution in [0.15, 0.2) is 42.5 Å². The number of carbonyl (C=O) groups excluding carboxylic acids is 2. The summed E-state index contributed by atoms with van der Waals surface area (Å²) in [6, 6.07) is 12.3. The predicted molar refractivity (Wildman–Crippen MR) is 99.6 cm³/mol. The molecule has 0 spiro atoms. The molecule has 0 unspecified atom stereocenters. The van der Waals surface area contributed by atoms with Gasteiger partial charge in [0.05, 0.1) is 20.6 Å². The standard InChI is InChI=1S/C19H23N3O4/c1-20-18(23)11-13-4-7-15(8-5-13)22-19(24)21-12-14-6-9-16(25-2)17(10-14)26-3/h4-10H,11-12H2,1-3H3,(H,20,23)(H2,21,22,24). The van der Waals surface area contributed by atoms with Crippen molar-refractivity contribution in [3.63, 3.8) is 0 Å². The van der Waals surface area contributed by atoms with Crippen molar-refractivity contribution in [1.29, 1.82) is 0 Å². The van der Waals surface area contributed by atoms with Gasteiger partial charge in [0, 0.05) is 19.3 Å². The summed E-state index contributed by atoms with van der Waals surface area (Å²) < 4.78 is 10.4. The summed E-state index contributed by atoms with van der Waals surface area (Å²) in [6.07, 6.45) is 0.308. The van der Waals surface area contributed by atoms with Crippen LogP contribution in [0.1, 0.15) is 11.1 Å². The maximum Gasteiger partial charge on any atom is 0.319 e. The molecular weight excluding hydrogens is 334 g/mol. The molecule has 0 aliphatic heterocycles. The zero-order valence-electron chi connectivity index (χ0n) is 15.1. The number of ether oxygens (including phenoxy) is 2. The Labute approximate surface area is 152 Å². The molecular formula is C19H23N3O4. The highest BCUT2D eigenvalue weighted by atomic mass is 16.5. The summed E-state index contributed by atoms with van der Waals surface area (Å²) in [5.41, 5.74) is 2.41. The molecule has 0 heterocycles. The number of likely N-dealkylation sites (N-methyl/N-ethyl adjacent to an activating group) is 1. The number of methoxy groups -OCH3 is 2. The third-order valence-corrected chi connectivity index (χ3v) is 3.76. The third kappa shape index (κ3) is 5.41. The van der Waals surface area contributed by atoms with Crippen LogP contribution in [0.3, 0.4) is 0 Å². The molecule has 0 bridgehead atoms. The van der Waals surface area contributed by atoms with Gasteiger partial charge in [0.25, 0.3) is 0 Å². The maximum atomic E-state index is 12.0. The van der Waals surface area contributed by atoms with Gasteiger partial charge in [-0.2, -0.15) is 0 Å². The molecule has 0 saturated heterocycles. The van der Waals surface area contributed by atoms with Gasteiger partial charge in [-0.25, -0.2) is 4.79 Å². The number of amides is 3. The van der Waals surface area contributed by atoms with Gasteiger partial charge >= 0.3 is 6.03 Å². The fourth-order valence-electron chi connectivity index (χ4n) is 2.33. The number of benzene rings is 2. The molecule has 0 aliphatic carbocycles. The number of carbonyl (C=O) groups is 2. The Bertz CT molecular complexity index is 760. The largest absolute Gasteiger partial charge is 0.493 e. The fourth-order valence-corrected chi connectivity index (χ4v) is 2.33. The lowest BCUT2D eigenvalue weighted by molar-refractivity contribution is -0.119. The minimum Gasteiger partial charge on any atom is -0.493 e. The molecule has 7 heteroatoms. The molecule has 0 fully saturated rings. The molecule has 7 nitrogen and oxygen atoms in total. The van der Waals surface area contributed by atoms with E-state index in [-0.39, 0.29) is 11.9 Å². The summed E-state index contributed by atoms with van der Waals surface area (Å²) >= 11 is 0. The van der Waals surface area contributed by atoms with Gasteiger partial charge in [-0.05, 0) is 35.4 Å². The second kappa shape index (κ2) is 9.31. The van der Waals surface area contributed by atoms with Crippen LogP contribution >= 0.6 is 0 Å². The van der Waals surface area contributed by atoms with E-state index in [1.165, 1.54) is 0 Å². The summed E-state index contributed by atoms with van der Waals surface area (Å²) in [5, 5.41) is 8.11. The van der Waals surface area contributed by atoms with Gasteiger partial charge in [-0.15, -0.1) is 0 Å². The van der Waals surface area contributed by atoms with E-state index in [9.17, 15) is 9.59 Å². The number of anilines is 1. The minimum absolute atomic E-state index is 0.0571. The van der Waals surface area contributed by atoms with E-state index in [0.717, 1.165) is 11.1 Å². The quantitative estimate of drug-likeness (QED) is 0.709. The van der Waals surface area contributed by atoms with Gasteiger partial charge in [-0.3, -0.25) is 4.79 Å². The van der Waals surface area contributed by atoms with Crippen molar-refractivity contribution in [1.82, 2.24) is 10.6 Å². The smallest absolute Gasteiger partial charge is 0.319 e. The molecule has 0 aromatic heterocycles. The lowest BCUT2D eigenvalue weighted by Gasteiger charge is -2.11. The first-order valence-electron chi connectivity index (χ1n) is 8.11. The second-order valence-corrected chi connectivity index (χ2v) is 5.54. The highest BCUT2D eigenvalue weighted by Crippen LogP contribution is 2.27. The molecule has 0 aliphatic rings. The summed E-state index contributed by atoms with van der Waals surface area (Å²) in [4.78, 5) is 23.4. The highest BCUT2D eigenvalue weighted by Gasteiger charge is 2.07. The minimum atomic E-state index is -0.321. The first kappa shape index (κ1) is 19.1. The molecule has 138 valence electrons. The zero-order chi connectivity index (χ0) is 18.9. The Hall–Kier alpha value is -3.22. The van der Waals surface area contributed by atoms with Crippen molar-refractivity contribution < 1.29 is 19.1 Å². The van der Waals surface area contributed by atoms with Gasteiger partial charge in [0.15, 0.2) is 11.5 Å². The van der Waals surface area contributed by atoms with Crippen LogP contribution in [0.2, 0.25) is 0 Å². The molecule has 2 aromatic carbocycles. The fraction of sp³-hybridized carbons (Fsp3) is 0.263. The Balaban J connectivity index is 1.88. The number of hydrogen-bond donors (Lipinski definition) is 3. The molecule has 2 rings (SSSR count). The van der Waals surface area contributed by atoms with Crippen LogP contribution in [0.5, 0.6) is 11.5 Å². The van der Waals surface area contributed by atoms with Crippen LogP contribution in [0.4, 0.5) is 10.5 Å². The average Bonchev–Trinajstić information content (AvgIpc) is 2.67. The summed E-state index contributed by atoms with van der Waals surface area (Å²) in [6.45, 7) is 0.348. The summed E-state index contributed by atoms with van der Waals surface area (Å²) in [5.74, 6) is 1.19. The molecule has 0 radical (unpaired) electrons. The lowest BCUT2D eigenvalue weighted by atomic mass is 10.1. The average molecular weight is 357 g/mol. The number of hydrogen-bond acceptors (Lipinski definition) is 4. The Kier molecular flexibility index (Phi) is 6.84. The topological polar surface area (TPSA) is 88.7 Å². The van der Waals surface area contributed by atoms with Gasteiger partial charge in [-0.1, -0.05) is 18.2 Å². The van der Waals surface area contributed by atoms with E-state index < -0.39 is 0 Å². The molecule has 3 N–H and O–H groups in total. The first-order valence-corrected chi connectivity index (χ1v) is 8.11. The van der Waals surface area contributed by atoms with E-state index in [0.29, 0.717) is 30.2 Å². The van der Waals surface area contributed by atoms with Crippen molar-refractivity contribution in [2.45, 2.75) is 13.0 Å². The van der Waals surface area contributed by atoms with Crippen molar-refractivity contribution in [2.75, 3.05) is 26.6 Å². The van der Waals surface area contributed by atoms with E-state index in [4.69, 9.17) is 9.47 Å². The Morgan fingerprint density at radius 3 is 2.19 bits per heavy atom. The van der Waals surface area contributed by atoms with Crippen LogP contribution < -0.4 is 25.4 Å². The Morgan fingerprint density at radius 2 is 1.58 bits per heavy atom. The van der Waals surface area contributed by atoms with Gasteiger partial charge < -0.3 is 25.4 Å².